The molecular formula is C21H31ClF2N4O3. The molecule has 0 aliphatic carbocycles. The van der Waals surface area contributed by atoms with Gasteiger partial charge in [0.1, 0.15) is 23.0 Å². The molecule has 2 atom stereocenters. The van der Waals surface area contributed by atoms with Crippen molar-refractivity contribution in [2.24, 2.45) is 5.92 Å². The molecule has 0 spiro atoms. The Labute approximate surface area is 186 Å². The zero-order valence-electron chi connectivity index (χ0n) is 18.1. The van der Waals surface area contributed by atoms with E-state index in [9.17, 15) is 19.0 Å². The number of hydrogen-bond acceptors (Lipinski definition) is 7. The Balaban J connectivity index is 0.00000436. The van der Waals surface area contributed by atoms with Crippen LogP contribution in [-0.2, 0) is 0 Å². The Kier molecular flexibility index (Phi) is 14.3. The van der Waals surface area contributed by atoms with Gasteiger partial charge < -0.3 is 26.4 Å². The van der Waals surface area contributed by atoms with Crippen LogP contribution in [0.1, 0.15) is 39.2 Å². The summed E-state index contributed by atoms with van der Waals surface area (Å²) in [5.74, 6) is -1.37. The summed E-state index contributed by atoms with van der Waals surface area (Å²) in [6.07, 6.45) is 6.61. The van der Waals surface area contributed by atoms with Crippen LogP contribution in [-0.4, -0.2) is 45.2 Å². The Bertz CT molecular complexity index is 806. The molecule has 1 aromatic rings. The number of rotatable bonds is 10. The third-order valence-electron chi connectivity index (χ3n) is 4.03. The number of aliphatic hydroxyl groups excluding tert-OH is 3. The summed E-state index contributed by atoms with van der Waals surface area (Å²) in [5.41, 5.74) is 6.43. The van der Waals surface area contributed by atoms with Crippen LogP contribution < -0.4 is 11.1 Å². The molecule has 1 heterocycles. The maximum Gasteiger partial charge on any atom is 0.223 e. The minimum absolute atomic E-state index is 0.0389. The normalized spacial score (nSPS) is 14.8. The number of halogens is 3. The predicted octanol–water partition coefficient (Wildman–Crippen LogP) is 4.15. The minimum atomic E-state index is -0.999. The van der Waals surface area contributed by atoms with E-state index in [1.807, 2.05) is 6.92 Å². The Morgan fingerprint density at radius 1 is 1.26 bits per heavy atom. The van der Waals surface area contributed by atoms with Crippen molar-refractivity contribution in [3.05, 3.63) is 52.2 Å². The van der Waals surface area contributed by atoms with E-state index in [0.29, 0.717) is 24.0 Å². The Morgan fingerprint density at radius 2 is 1.90 bits per heavy atom. The molecule has 6 N–H and O–H groups in total. The van der Waals surface area contributed by atoms with Crippen LogP contribution in [0.2, 0.25) is 5.15 Å². The first-order valence-electron chi connectivity index (χ1n) is 9.58. The molecule has 7 nitrogen and oxygen atoms in total. The van der Waals surface area contributed by atoms with Gasteiger partial charge in [0.25, 0.3) is 0 Å². The number of aliphatic hydroxyl groups is 3. The van der Waals surface area contributed by atoms with Crippen LogP contribution in [0, 0.1) is 5.92 Å². The zero-order chi connectivity index (χ0) is 24.0. The van der Waals surface area contributed by atoms with E-state index in [1.54, 1.807) is 19.1 Å². The van der Waals surface area contributed by atoms with Gasteiger partial charge in [-0.05, 0) is 43.9 Å². The highest BCUT2D eigenvalue weighted by molar-refractivity contribution is 6.31. The first-order chi connectivity index (χ1) is 14.7. The summed E-state index contributed by atoms with van der Waals surface area (Å²) in [4.78, 5) is 7.96. The fourth-order valence-electron chi connectivity index (χ4n) is 2.42. The maximum atomic E-state index is 13.7. The summed E-state index contributed by atoms with van der Waals surface area (Å²) >= 11 is 6.17. The van der Waals surface area contributed by atoms with E-state index in [-0.39, 0.29) is 29.4 Å². The van der Waals surface area contributed by atoms with Crippen LogP contribution >= 0.6 is 11.6 Å². The fraction of sp³-hybridized carbons (Fsp3) is 0.429. The van der Waals surface area contributed by atoms with Crippen molar-refractivity contribution < 1.29 is 24.1 Å². The second kappa shape index (κ2) is 15.5. The van der Waals surface area contributed by atoms with E-state index in [4.69, 9.17) is 22.4 Å². The van der Waals surface area contributed by atoms with Gasteiger partial charge in [0.05, 0.1) is 11.4 Å². The molecule has 0 saturated carbocycles. The lowest BCUT2D eigenvalue weighted by atomic mass is 10.0. The molecule has 0 saturated heterocycles. The van der Waals surface area contributed by atoms with E-state index < -0.39 is 17.9 Å². The smallest absolute Gasteiger partial charge is 0.223 e. The number of nitrogens with one attached hydrogen (secondary N) is 1. The molecule has 0 fully saturated rings. The molecule has 174 valence electrons. The number of nitrogen functional groups attached to an aromatic ring is 1. The highest BCUT2D eigenvalue weighted by Gasteiger charge is 2.16. The molecule has 0 aliphatic rings. The number of hydrogen-bond donors (Lipinski definition) is 5. The van der Waals surface area contributed by atoms with E-state index in [2.05, 4.69) is 15.3 Å². The fourth-order valence-corrected chi connectivity index (χ4v) is 2.66. The quantitative estimate of drug-likeness (QED) is 0.202. The van der Waals surface area contributed by atoms with Gasteiger partial charge in [0.2, 0.25) is 5.95 Å². The molecule has 0 radical (unpaired) electrons. The number of allylic oxidation sites excluding steroid dienone is 7. The van der Waals surface area contributed by atoms with Crippen molar-refractivity contribution in [1.29, 1.82) is 0 Å². The highest BCUT2D eigenvalue weighted by Crippen LogP contribution is 2.26. The van der Waals surface area contributed by atoms with Crippen molar-refractivity contribution in [2.45, 2.75) is 39.8 Å². The molecule has 0 amide bonds. The lowest BCUT2D eigenvalue weighted by Gasteiger charge is -2.19. The van der Waals surface area contributed by atoms with E-state index in [1.165, 1.54) is 6.08 Å². The molecule has 1 aromatic heterocycles. The van der Waals surface area contributed by atoms with Gasteiger partial charge in [0.15, 0.2) is 0 Å². The van der Waals surface area contributed by atoms with Crippen LogP contribution in [0.5, 0.6) is 0 Å². The summed E-state index contributed by atoms with van der Waals surface area (Å²) in [5, 5.41) is 29.4. The van der Waals surface area contributed by atoms with E-state index >= 15 is 0 Å². The summed E-state index contributed by atoms with van der Waals surface area (Å²) in [6.45, 7) is 4.70. The number of anilines is 2. The van der Waals surface area contributed by atoms with Gasteiger partial charge >= 0.3 is 0 Å². The summed E-state index contributed by atoms with van der Waals surface area (Å²) in [6, 6.07) is 0. The van der Waals surface area contributed by atoms with Crippen molar-refractivity contribution >= 4 is 29.4 Å². The van der Waals surface area contributed by atoms with Crippen LogP contribution in [0.15, 0.2) is 41.5 Å². The average molecular weight is 461 g/mol. The standard InChI is InChI=1S/C20H27ClF2N4O2.CH4O/c1-4-13(9-15(23)8-12(3)22)6-7-16-18(21)26-20(24)27-19(16)25-17(29)10-14(5-2)11-28;1-2/h4,6-9,14,17,28-29H,5,10-11H2,1-3H3,(H3,24,25,26,27);2H,1H3/b7-6+,12-8+,13-4-,15-9+;/t14-,17+;/m0./s1. The third kappa shape index (κ3) is 11.0. The first kappa shape index (κ1) is 28.7. The Morgan fingerprint density at radius 3 is 2.42 bits per heavy atom. The largest absolute Gasteiger partial charge is 0.400 e. The van der Waals surface area contributed by atoms with E-state index in [0.717, 1.165) is 26.2 Å². The first-order valence-corrected chi connectivity index (χ1v) is 9.96. The second-order valence-corrected chi connectivity index (χ2v) is 6.73. The maximum absolute atomic E-state index is 13.7. The molecule has 0 aliphatic heterocycles. The van der Waals surface area contributed by atoms with Gasteiger partial charge in [-0.2, -0.15) is 4.98 Å². The monoisotopic (exact) mass is 460 g/mol. The predicted molar refractivity (Wildman–Crippen MR) is 122 cm³/mol. The third-order valence-corrected chi connectivity index (χ3v) is 4.32. The molecule has 31 heavy (non-hydrogen) atoms. The van der Waals surface area contributed by atoms with Crippen molar-refractivity contribution in [2.75, 3.05) is 24.8 Å². The molecule has 0 bridgehead atoms. The number of aromatic nitrogens is 2. The van der Waals surface area contributed by atoms with Gasteiger partial charge in [-0.3, -0.25) is 0 Å². The van der Waals surface area contributed by atoms with Gasteiger partial charge in [-0.15, -0.1) is 0 Å². The lowest BCUT2D eigenvalue weighted by molar-refractivity contribution is 0.132. The van der Waals surface area contributed by atoms with Gasteiger partial charge in [-0.25, -0.2) is 13.8 Å². The van der Waals surface area contributed by atoms with Crippen molar-refractivity contribution in [3.63, 3.8) is 0 Å². The zero-order valence-corrected chi connectivity index (χ0v) is 18.9. The lowest BCUT2D eigenvalue weighted by Crippen LogP contribution is -2.25. The molecule has 1 rings (SSSR count). The topological polar surface area (TPSA) is 125 Å². The van der Waals surface area contributed by atoms with Crippen molar-refractivity contribution in [1.82, 2.24) is 9.97 Å². The number of nitrogens with zero attached hydrogens (tertiary/aromatic N) is 2. The summed E-state index contributed by atoms with van der Waals surface area (Å²) in [7, 11) is 1.00. The molecular weight excluding hydrogens is 430 g/mol. The van der Waals surface area contributed by atoms with Crippen LogP contribution in [0.25, 0.3) is 6.08 Å². The van der Waals surface area contributed by atoms with Crippen LogP contribution in [0.4, 0.5) is 20.5 Å². The summed E-state index contributed by atoms with van der Waals surface area (Å²) < 4.78 is 26.5. The van der Waals surface area contributed by atoms with Crippen molar-refractivity contribution in [3.8, 4) is 0 Å². The SMILES string of the molecule is C/C=C(/C=C/c1c(Cl)nc(N)nc1N[C@H](O)C[C@H](CC)CO)\C=C(F)/C=C(\C)F.CO. The molecule has 0 aromatic carbocycles. The second-order valence-electron chi connectivity index (χ2n) is 6.37. The van der Waals surface area contributed by atoms with Crippen LogP contribution in [0.3, 0.4) is 0 Å². The number of nitrogens with two attached hydrogens (primary N) is 1. The molecule has 0 unspecified atom stereocenters. The van der Waals surface area contributed by atoms with Gasteiger partial charge in [-0.1, -0.05) is 37.1 Å². The molecule has 10 heteroatoms. The highest BCUT2D eigenvalue weighted by atomic mass is 35.5. The Hall–Kier alpha value is -2.33. The average Bonchev–Trinajstić information content (AvgIpc) is 2.71. The van der Waals surface area contributed by atoms with Gasteiger partial charge in [0, 0.05) is 19.8 Å². The minimum Gasteiger partial charge on any atom is -0.400 e.